The summed E-state index contributed by atoms with van der Waals surface area (Å²) < 4.78 is 0. The molecule has 0 aromatic carbocycles. The smallest absolute Gasteiger partial charge is 0.137 e. The Balaban J connectivity index is 2.38. The summed E-state index contributed by atoms with van der Waals surface area (Å²) in [5.74, 6) is 3.75. The molecule has 1 unspecified atom stereocenters. The van der Waals surface area contributed by atoms with Crippen LogP contribution in [0.15, 0.2) is 0 Å². The predicted molar refractivity (Wildman–Crippen MR) is 90.3 cm³/mol. The molecule has 1 fully saturated rings. The number of hydrogen-bond donors (Lipinski definition) is 1. The van der Waals surface area contributed by atoms with Crippen LogP contribution in [0.4, 0.5) is 11.6 Å². The van der Waals surface area contributed by atoms with Crippen LogP contribution in [0.25, 0.3) is 0 Å². The molecule has 1 aromatic heterocycles. The molecule has 21 heavy (non-hydrogen) atoms. The molecule has 1 atom stereocenters. The monoisotopic (exact) mass is 290 g/mol. The van der Waals surface area contributed by atoms with E-state index in [1.807, 2.05) is 7.05 Å². The first-order valence-electron chi connectivity index (χ1n) is 8.45. The van der Waals surface area contributed by atoms with Gasteiger partial charge in [0.05, 0.1) is 0 Å². The van der Waals surface area contributed by atoms with Crippen LogP contribution in [0.2, 0.25) is 0 Å². The van der Waals surface area contributed by atoms with Crippen molar-refractivity contribution in [3.8, 4) is 0 Å². The van der Waals surface area contributed by atoms with Gasteiger partial charge in [0.2, 0.25) is 0 Å². The van der Waals surface area contributed by atoms with Gasteiger partial charge in [-0.3, -0.25) is 0 Å². The second kappa shape index (κ2) is 7.10. The summed E-state index contributed by atoms with van der Waals surface area (Å²) in [6.45, 7) is 10.0. The van der Waals surface area contributed by atoms with Gasteiger partial charge in [-0.25, -0.2) is 9.97 Å². The third kappa shape index (κ3) is 3.66. The number of unbranched alkanes of at least 4 members (excludes halogenated alkanes) is 1. The second-order valence-corrected chi connectivity index (χ2v) is 6.21. The zero-order valence-corrected chi connectivity index (χ0v) is 14.2. The first kappa shape index (κ1) is 16.1. The zero-order chi connectivity index (χ0) is 15.4. The van der Waals surface area contributed by atoms with E-state index in [0.717, 1.165) is 30.4 Å². The Bertz CT molecular complexity index is 468. The van der Waals surface area contributed by atoms with E-state index in [2.05, 4.69) is 37.9 Å². The molecule has 1 aliphatic rings. The highest BCUT2D eigenvalue weighted by molar-refractivity contribution is 5.59. The number of aromatic nitrogens is 2. The molecule has 1 aromatic rings. The lowest BCUT2D eigenvalue weighted by Gasteiger charge is -2.31. The van der Waals surface area contributed by atoms with Gasteiger partial charge in [-0.2, -0.15) is 0 Å². The molecule has 0 bridgehead atoms. The van der Waals surface area contributed by atoms with E-state index in [1.165, 1.54) is 31.2 Å². The van der Waals surface area contributed by atoms with Crippen molar-refractivity contribution in [2.24, 2.45) is 0 Å². The van der Waals surface area contributed by atoms with E-state index < -0.39 is 0 Å². The Morgan fingerprint density at radius 2 is 2.00 bits per heavy atom. The summed E-state index contributed by atoms with van der Waals surface area (Å²) in [5.41, 5.74) is 1.18. The largest absolute Gasteiger partial charge is 0.373 e. The van der Waals surface area contributed by atoms with E-state index in [0.29, 0.717) is 12.0 Å². The van der Waals surface area contributed by atoms with Crippen molar-refractivity contribution in [1.82, 2.24) is 9.97 Å². The number of rotatable bonds is 8. The molecule has 2 rings (SSSR count). The molecule has 118 valence electrons. The lowest BCUT2D eigenvalue weighted by molar-refractivity contribution is 0.586. The molecule has 4 heteroatoms. The van der Waals surface area contributed by atoms with Crippen LogP contribution < -0.4 is 10.2 Å². The minimum absolute atomic E-state index is 0.516. The van der Waals surface area contributed by atoms with E-state index in [-0.39, 0.29) is 0 Å². The number of anilines is 2. The first-order chi connectivity index (χ1) is 10.1. The molecule has 0 amide bonds. The van der Waals surface area contributed by atoms with Crippen molar-refractivity contribution in [1.29, 1.82) is 0 Å². The van der Waals surface area contributed by atoms with Gasteiger partial charge in [0.1, 0.15) is 17.5 Å². The van der Waals surface area contributed by atoms with Crippen LogP contribution in [0, 0.1) is 6.92 Å². The van der Waals surface area contributed by atoms with Crippen molar-refractivity contribution < 1.29 is 0 Å². The number of nitrogens with one attached hydrogen (secondary N) is 1. The maximum atomic E-state index is 4.94. The lowest BCUT2D eigenvalue weighted by atomic mass is 10.1. The molecule has 0 spiro atoms. The maximum absolute atomic E-state index is 4.94. The third-order valence-corrected chi connectivity index (χ3v) is 4.46. The molecule has 4 nitrogen and oxygen atoms in total. The van der Waals surface area contributed by atoms with Crippen molar-refractivity contribution in [2.75, 3.05) is 23.8 Å². The van der Waals surface area contributed by atoms with Gasteiger partial charge in [-0.05, 0) is 39.5 Å². The highest BCUT2D eigenvalue weighted by atomic mass is 15.2. The van der Waals surface area contributed by atoms with Crippen LogP contribution >= 0.6 is 0 Å². The van der Waals surface area contributed by atoms with Crippen molar-refractivity contribution in [2.45, 2.75) is 71.8 Å². The maximum Gasteiger partial charge on any atom is 0.137 e. The fraction of sp³-hybridized carbons (Fsp3) is 0.765. The standard InChI is InChI=1S/C17H30N4/c1-6-8-11-21(12(3)7-2)17-13(4)15(18-5)19-16(20-17)14-9-10-14/h12,14H,6-11H2,1-5H3,(H,18,19,20). The molecule has 1 heterocycles. The van der Waals surface area contributed by atoms with Gasteiger partial charge >= 0.3 is 0 Å². The zero-order valence-electron chi connectivity index (χ0n) is 14.2. The Morgan fingerprint density at radius 3 is 2.52 bits per heavy atom. The Kier molecular flexibility index (Phi) is 5.43. The Hall–Kier alpha value is -1.32. The minimum atomic E-state index is 0.516. The summed E-state index contributed by atoms with van der Waals surface area (Å²) in [4.78, 5) is 12.1. The highest BCUT2D eigenvalue weighted by Gasteiger charge is 2.29. The normalized spacial score (nSPS) is 15.9. The quantitative estimate of drug-likeness (QED) is 0.782. The predicted octanol–water partition coefficient (Wildman–Crippen LogP) is 4.11. The highest BCUT2D eigenvalue weighted by Crippen LogP contribution is 2.40. The first-order valence-corrected chi connectivity index (χ1v) is 8.45. The van der Waals surface area contributed by atoms with Crippen molar-refractivity contribution in [3.05, 3.63) is 11.4 Å². The van der Waals surface area contributed by atoms with E-state index in [9.17, 15) is 0 Å². The van der Waals surface area contributed by atoms with E-state index >= 15 is 0 Å². The van der Waals surface area contributed by atoms with Crippen LogP contribution in [-0.4, -0.2) is 29.6 Å². The summed E-state index contributed by atoms with van der Waals surface area (Å²) in [7, 11) is 1.95. The van der Waals surface area contributed by atoms with E-state index in [1.54, 1.807) is 0 Å². The fourth-order valence-corrected chi connectivity index (χ4v) is 2.65. The molecule has 1 N–H and O–H groups in total. The third-order valence-electron chi connectivity index (χ3n) is 4.46. The lowest BCUT2D eigenvalue weighted by Crippen LogP contribution is -2.35. The summed E-state index contributed by atoms with van der Waals surface area (Å²) in [6.07, 6.45) is 6.04. The van der Waals surface area contributed by atoms with Gasteiger partial charge in [0.15, 0.2) is 0 Å². The van der Waals surface area contributed by atoms with Gasteiger partial charge < -0.3 is 10.2 Å². The molecule has 1 saturated carbocycles. The van der Waals surface area contributed by atoms with Crippen LogP contribution in [0.1, 0.15) is 70.2 Å². The Morgan fingerprint density at radius 1 is 1.29 bits per heavy atom. The average Bonchev–Trinajstić information content (AvgIpc) is 3.33. The molecular weight excluding hydrogens is 260 g/mol. The summed E-state index contributed by atoms with van der Waals surface area (Å²) in [6, 6.07) is 0.516. The number of nitrogens with zero attached hydrogens (tertiary/aromatic N) is 3. The summed E-state index contributed by atoms with van der Waals surface area (Å²) in [5, 5.41) is 3.25. The topological polar surface area (TPSA) is 41.1 Å². The SMILES string of the molecule is CCCCN(c1nc(C2CC2)nc(NC)c1C)C(C)CC. The van der Waals surface area contributed by atoms with Crippen LogP contribution in [0.3, 0.4) is 0 Å². The van der Waals surface area contributed by atoms with Crippen molar-refractivity contribution >= 4 is 11.6 Å². The average molecular weight is 290 g/mol. The second-order valence-electron chi connectivity index (χ2n) is 6.21. The van der Waals surface area contributed by atoms with Gasteiger partial charge in [-0.15, -0.1) is 0 Å². The molecule has 0 saturated heterocycles. The summed E-state index contributed by atoms with van der Waals surface area (Å²) >= 11 is 0. The number of hydrogen-bond acceptors (Lipinski definition) is 4. The minimum Gasteiger partial charge on any atom is -0.373 e. The van der Waals surface area contributed by atoms with Crippen LogP contribution in [0.5, 0.6) is 0 Å². The fourth-order valence-electron chi connectivity index (χ4n) is 2.65. The van der Waals surface area contributed by atoms with Gasteiger partial charge in [0.25, 0.3) is 0 Å². The molecule has 0 radical (unpaired) electrons. The molecule has 1 aliphatic carbocycles. The van der Waals surface area contributed by atoms with Crippen molar-refractivity contribution in [3.63, 3.8) is 0 Å². The van der Waals surface area contributed by atoms with Crippen LogP contribution in [-0.2, 0) is 0 Å². The van der Waals surface area contributed by atoms with Gasteiger partial charge in [-0.1, -0.05) is 20.3 Å². The van der Waals surface area contributed by atoms with Gasteiger partial charge in [0, 0.05) is 31.1 Å². The Labute approximate surface area is 129 Å². The molecular formula is C17H30N4. The molecule has 0 aliphatic heterocycles. The van der Waals surface area contributed by atoms with E-state index in [4.69, 9.17) is 9.97 Å².